The zero-order chi connectivity index (χ0) is 23.8. The van der Waals surface area contributed by atoms with Gasteiger partial charge in [0.2, 0.25) is 10.0 Å². The van der Waals surface area contributed by atoms with Crippen LogP contribution in [-0.2, 0) is 10.0 Å². The summed E-state index contributed by atoms with van der Waals surface area (Å²) < 4.78 is 31.9. The van der Waals surface area contributed by atoms with Gasteiger partial charge < -0.3 is 4.74 Å². The summed E-state index contributed by atoms with van der Waals surface area (Å²) in [7, 11) is -3.59. The molecule has 6 nitrogen and oxygen atoms in total. The van der Waals surface area contributed by atoms with Gasteiger partial charge in [-0.1, -0.05) is 56.3 Å². The third-order valence-corrected chi connectivity index (χ3v) is 7.10. The maximum Gasteiger partial charge on any atom is 0.343 e. The largest absolute Gasteiger partial charge is 0.423 e. The number of esters is 1. The van der Waals surface area contributed by atoms with Gasteiger partial charge in [-0.05, 0) is 53.6 Å². The fourth-order valence-electron chi connectivity index (χ4n) is 3.24. The van der Waals surface area contributed by atoms with Crippen LogP contribution in [-0.4, -0.2) is 31.8 Å². The van der Waals surface area contributed by atoms with Gasteiger partial charge in [0.15, 0.2) is 0 Å². The van der Waals surface area contributed by atoms with E-state index in [-0.39, 0.29) is 10.5 Å². The molecule has 0 aliphatic rings. The summed E-state index contributed by atoms with van der Waals surface area (Å²) >= 11 is 0. The first-order valence-corrected chi connectivity index (χ1v) is 11.9. The molecule has 0 N–H and O–H groups in total. The number of hydrogen-bond donors (Lipinski definition) is 0. The van der Waals surface area contributed by atoms with Crippen molar-refractivity contribution in [3.8, 4) is 11.8 Å². The van der Waals surface area contributed by atoms with Crippen LogP contribution < -0.4 is 4.74 Å². The molecule has 0 radical (unpaired) electrons. The molecule has 0 atom stereocenters. The summed E-state index contributed by atoms with van der Waals surface area (Å²) in [4.78, 5) is 12.6. The van der Waals surface area contributed by atoms with Crippen LogP contribution >= 0.6 is 0 Å². The SMILES string of the molecule is CCN(CC)S(=O)(=O)c1ccc(C(=O)Oc2ccc(/C=C(/C#N)c3ccccc3)cc2)cc1. The van der Waals surface area contributed by atoms with Gasteiger partial charge in [-0.15, -0.1) is 0 Å². The van der Waals surface area contributed by atoms with Crippen molar-refractivity contribution in [2.75, 3.05) is 13.1 Å². The molecule has 33 heavy (non-hydrogen) atoms. The van der Waals surface area contributed by atoms with Gasteiger partial charge in [-0.25, -0.2) is 13.2 Å². The number of carbonyl (C=O) groups excluding carboxylic acids is 1. The molecule has 0 amide bonds. The Morgan fingerprint density at radius 1 is 0.909 bits per heavy atom. The maximum absolute atomic E-state index is 12.6. The van der Waals surface area contributed by atoms with E-state index >= 15 is 0 Å². The Balaban J connectivity index is 1.71. The summed E-state index contributed by atoms with van der Waals surface area (Å²) in [5.41, 5.74) is 2.39. The first-order chi connectivity index (χ1) is 15.9. The molecule has 0 aliphatic carbocycles. The smallest absolute Gasteiger partial charge is 0.343 e. The van der Waals surface area contributed by atoms with Crippen molar-refractivity contribution < 1.29 is 17.9 Å². The average Bonchev–Trinajstić information content (AvgIpc) is 2.84. The van der Waals surface area contributed by atoms with Crippen molar-refractivity contribution in [1.82, 2.24) is 4.31 Å². The van der Waals surface area contributed by atoms with Gasteiger partial charge in [0.05, 0.1) is 22.1 Å². The second-order valence-corrected chi connectivity index (χ2v) is 9.05. The number of rotatable bonds is 8. The molecule has 0 heterocycles. The fourth-order valence-corrected chi connectivity index (χ4v) is 4.70. The van der Waals surface area contributed by atoms with Crippen molar-refractivity contribution in [2.24, 2.45) is 0 Å². The number of benzene rings is 3. The molecule has 0 unspecified atom stereocenters. The number of allylic oxidation sites excluding steroid dienone is 1. The maximum atomic E-state index is 12.6. The molecule has 3 aromatic carbocycles. The highest BCUT2D eigenvalue weighted by molar-refractivity contribution is 7.89. The first-order valence-electron chi connectivity index (χ1n) is 10.5. The third kappa shape index (κ3) is 5.75. The topological polar surface area (TPSA) is 87.5 Å². The highest BCUT2D eigenvalue weighted by Crippen LogP contribution is 2.21. The molecule has 0 fully saturated rings. The predicted molar refractivity (Wildman–Crippen MR) is 128 cm³/mol. The zero-order valence-corrected chi connectivity index (χ0v) is 19.2. The Morgan fingerprint density at radius 3 is 2.06 bits per heavy atom. The second-order valence-electron chi connectivity index (χ2n) is 7.11. The molecule has 0 aromatic heterocycles. The molecule has 168 valence electrons. The van der Waals surface area contributed by atoms with E-state index < -0.39 is 16.0 Å². The number of ether oxygens (including phenoxy) is 1. The Hall–Kier alpha value is -3.73. The van der Waals surface area contributed by atoms with Gasteiger partial charge in [0.25, 0.3) is 0 Å². The molecule has 3 aromatic rings. The third-order valence-electron chi connectivity index (χ3n) is 5.04. The molecule has 0 aliphatic heterocycles. The highest BCUT2D eigenvalue weighted by atomic mass is 32.2. The summed E-state index contributed by atoms with van der Waals surface area (Å²) in [5.74, 6) is -0.248. The van der Waals surface area contributed by atoms with Crippen LogP contribution in [0.2, 0.25) is 0 Å². The highest BCUT2D eigenvalue weighted by Gasteiger charge is 2.22. The summed E-state index contributed by atoms with van der Waals surface area (Å²) in [6.07, 6.45) is 1.76. The van der Waals surface area contributed by atoms with Gasteiger partial charge in [-0.2, -0.15) is 9.57 Å². The van der Waals surface area contributed by atoms with E-state index in [1.54, 1.807) is 44.2 Å². The minimum Gasteiger partial charge on any atom is -0.423 e. The standard InChI is InChI=1S/C26H24N2O4S/c1-3-28(4-2)33(30,31)25-16-12-22(13-17-25)26(29)32-24-14-10-20(11-15-24)18-23(19-27)21-8-6-5-7-9-21/h5-18H,3-4H2,1-2H3/b23-18-. The van der Waals surface area contributed by atoms with Crippen LogP contribution in [0.15, 0.2) is 83.8 Å². The lowest BCUT2D eigenvalue weighted by Crippen LogP contribution is -2.30. The minimum atomic E-state index is -3.59. The van der Waals surface area contributed by atoms with Crippen LogP contribution in [0.3, 0.4) is 0 Å². The molecule has 0 spiro atoms. The number of hydrogen-bond acceptors (Lipinski definition) is 5. The quantitative estimate of drug-likeness (QED) is 0.204. The molecule has 0 saturated carbocycles. The van der Waals surface area contributed by atoms with E-state index in [9.17, 15) is 18.5 Å². The average molecular weight is 461 g/mol. The van der Waals surface area contributed by atoms with Crippen LogP contribution in [0.1, 0.15) is 35.3 Å². The molecule has 3 rings (SSSR count). The Morgan fingerprint density at radius 2 is 1.52 bits per heavy atom. The van der Waals surface area contributed by atoms with Crippen molar-refractivity contribution in [1.29, 1.82) is 5.26 Å². The van der Waals surface area contributed by atoms with Gasteiger partial charge in [0, 0.05) is 13.1 Å². The van der Waals surface area contributed by atoms with Crippen molar-refractivity contribution in [3.63, 3.8) is 0 Å². The number of nitriles is 1. The Labute approximate surface area is 194 Å². The first kappa shape index (κ1) is 23.9. The minimum absolute atomic E-state index is 0.130. The predicted octanol–water partition coefficient (Wildman–Crippen LogP) is 5.00. The summed E-state index contributed by atoms with van der Waals surface area (Å²) in [6.45, 7) is 4.29. The van der Waals surface area contributed by atoms with Crippen LogP contribution in [0.5, 0.6) is 5.75 Å². The lowest BCUT2D eigenvalue weighted by Gasteiger charge is -2.18. The lowest BCUT2D eigenvalue weighted by molar-refractivity contribution is 0.0734. The zero-order valence-electron chi connectivity index (χ0n) is 18.4. The van der Waals surface area contributed by atoms with Crippen LogP contribution in [0, 0.1) is 11.3 Å². The van der Waals surface area contributed by atoms with Crippen molar-refractivity contribution in [3.05, 3.63) is 95.6 Å². The van der Waals surface area contributed by atoms with Crippen molar-refractivity contribution in [2.45, 2.75) is 18.7 Å². The van der Waals surface area contributed by atoms with Crippen LogP contribution in [0.25, 0.3) is 11.6 Å². The number of nitrogens with zero attached hydrogens (tertiary/aromatic N) is 2. The Bertz CT molecular complexity index is 1270. The summed E-state index contributed by atoms with van der Waals surface area (Å²) in [6, 6.07) is 24.0. The van der Waals surface area contributed by atoms with Crippen molar-refractivity contribution >= 4 is 27.6 Å². The van der Waals surface area contributed by atoms with Crippen LogP contribution in [0.4, 0.5) is 0 Å². The summed E-state index contributed by atoms with van der Waals surface area (Å²) in [5, 5.41) is 9.44. The van der Waals surface area contributed by atoms with Gasteiger partial charge in [-0.3, -0.25) is 0 Å². The van der Waals surface area contributed by atoms with Gasteiger partial charge >= 0.3 is 5.97 Å². The second kappa shape index (κ2) is 10.7. The van der Waals surface area contributed by atoms with E-state index in [4.69, 9.17) is 4.74 Å². The van der Waals surface area contributed by atoms with E-state index in [2.05, 4.69) is 6.07 Å². The molecule has 7 heteroatoms. The van der Waals surface area contributed by atoms with E-state index in [0.29, 0.717) is 24.4 Å². The van der Waals surface area contributed by atoms with E-state index in [0.717, 1.165) is 11.1 Å². The molecular weight excluding hydrogens is 436 g/mol. The number of carbonyl (C=O) groups is 1. The lowest BCUT2D eigenvalue weighted by atomic mass is 10.0. The number of sulfonamides is 1. The molecule has 0 saturated heterocycles. The Kier molecular flexibility index (Phi) is 7.78. The van der Waals surface area contributed by atoms with E-state index in [1.807, 2.05) is 30.3 Å². The molecule has 0 bridgehead atoms. The normalized spacial score (nSPS) is 11.8. The van der Waals surface area contributed by atoms with E-state index in [1.165, 1.54) is 28.6 Å². The monoisotopic (exact) mass is 460 g/mol. The van der Waals surface area contributed by atoms with Gasteiger partial charge in [0.1, 0.15) is 5.75 Å². The fraction of sp³-hybridized carbons (Fsp3) is 0.154. The molecular formula is C26H24N2O4S.